The predicted octanol–water partition coefficient (Wildman–Crippen LogP) is 4.52. The molecule has 0 radical (unpaired) electrons. The van der Waals surface area contributed by atoms with Crippen LogP contribution in [0.1, 0.15) is 24.2 Å². The molecule has 0 unspecified atom stereocenters. The van der Waals surface area contributed by atoms with E-state index in [9.17, 15) is 13.2 Å². The van der Waals surface area contributed by atoms with Gasteiger partial charge in [0.2, 0.25) is 0 Å². The number of anilines is 1. The number of pyridine rings is 1. The Morgan fingerprint density at radius 1 is 1.33 bits per heavy atom. The molecule has 112 valence electrons. The van der Waals surface area contributed by atoms with Crippen molar-refractivity contribution in [2.45, 2.75) is 31.6 Å². The molecule has 1 aliphatic rings. The van der Waals surface area contributed by atoms with Crippen molar-refractivity contribution in [1.29, 1.82) is 0 Å². The highest BCUT2D eigenvalue weighted by Gasteiger charge is 2.35. The first kappa shape index (κ1) is 14.3. The number of alkyl halides is 3. The molecule has 0 aliphatic heterocycles. The summed E-state index contributed by atoms with van der Waals surface area (Å²) in [6.07, 6.45) is -1.05. The molecule has 0 atom stereocenters. The van der Waals surface area contributed by atoms with E-state index < -0.39 is 11.7 Å². The molecule has 3 rings (SSSR count). The lowest BCUT2D eigenvalue weighted by atomic mass is 10.2. The molecule has 7 heteroatoms. The molecule has 0 spiro atoms. The fourth-order valence-corrected chi connectivity index (χ4v) is 2.35. The quantitative estimate of drug-likeness (QED) is 0.777. The van der Waals surface area contributed by atoms with E-state index in [-0.39, 0.29) is 17.0 Å². The maximum absolute atomic E-state index is 12.9. The first-order valence-corrected chi connectivity index (χ1v) is 6.85. The Balaban J connectivity index is 1.94. The summed E-state index contributed by atoms with van der Waals surface area (Å²) in [6.45, 7) is 0.377. The number of halogens is 4. The average molecular weight is 317 g/mol. The van der Waals surface area contributed by atoms with Gasteiger partial charge in [-0.15, -0.1) is 0 Å². The zero-order valence-corrected chi connectivity index (χ0v) is 11.7. The van der Waals surface area contributed by atoms with Gasteiger partial charge in [0.05, 0.1) is 18.4 Å². The summed E-state index contributed by atoms with van der Waals surface area (Å²) >= 11 is 5.75. The molecule has 2 aromatic heterocycles. The second-order valence-corrected chi connectivity index (χ2v) is 5.36. The normalized spacial score (nSPS) is 15.2. The third-order valence-electron chi connectivity index (χ3n) is 3.30. The lowest BCUT2D eigenvalue weighted by Crippen LogP contribution is -2.26. The Labute approximate surface area is 124 Å². The fraction of sp³-hybridized carbons (Fsp3) is 0.357. The van der Waals surface area contributed by atoms with Crippen molar-refractivity contribution in [3.8, 4) is 0 Å². The molecular weight excluding hydrogens is 305 g/mol. The van der Waals surface area contributed by atoms with Crippen molar-refractivity contribution < 1.29 is 17.6 Å². The van der Waals surface area contributed by atoms with Crippen LogP contribution in [0.5, 0.6) is 0 Å². The topological polar surface area (TPSA) is 29.3 Å². The fourth-order valence-electron chi connectivity index (χ4n) is 2.15. The van der Waals surface area contributed by atoms with Crippen LogP contribution in [0.15, 0.2) is 34.9 Å². The van der Waals surface area contributed by atoms with Gasteiger partial charge >= 0.3 is 6.18 Å². The van der Waals surface area contributed by atoms with E-state index >= 15 is 0 Å². The lowest BCUT2D eigenvalue weighted by Gasteiger charge is -2.23. The van der Waals surface area contributed by atoms with Crippen LogP contribution in [0.25, 0.3) is 0 Å². The Morgan fingerprint density at radius 3 is 2.67 bits per heavy atom. The van der Waals surface area contributed by atoms with E-state index in [1.54, 1.807) is 17.0 Å². The minimum atomic E-state index is -4.44. The van der Waals surface area contributed by atoms with Gasteiger partial charge in [-0.25, -0.2) is 4.98 Å². The van der Waals surface area contributed by atoms with Crippen LogP contribution in [0.2, 0.25) is 5.15 Å². The van der Waals surface area contributed by atoms with Crippen molar-refractivity contribution in [2.24, 2.45) is 0 Å². The summed E-state index contributed by atoms with van der Waals surface area (Å²) in [5, 5.41) is -0.162. The largest absolute Gasteiger partial charge is 0.467 e. The number of rotatable bonds is 4. The molecule has 1 fully saturated rings. The molecule has 0 amide bonds. The van der Waals surface area contributed by atoms with E-state index in [1.165, 1.54) is 6.26 Å². The minimum absolute atomic E-state index is 0.162. The zero-order valence-electron chi connectivity index (χ0n) is 10.9. The van der Waals surface area contributed by atoms with Gasteiger partial charge in [0.1, 0.15) is 16.7 Å². The third-order valence-corrected chi connectivity index (χ3v) is 3.49. The summed E-state index contributed by atoms with van der Waals surface area (Å²) in [4.78, 5) is 5.84. The van der Waals surface area contributed by atoms with Crippen LogP contribution in [-0.2, 0) is 12.7 Å². The Hall–Kier alpha value is -1.69. The van der Waals surface area contributed by atoms with Crippen LogP contribution in [0, 0.1) is 0 Å². The molecule has 2 heterocycles. The first-order chi connectivity index (χ1) is 9.93. The van der Waals surface area contributed by atoms with Crippen molar-refractivity contribution >= 4 is 17.4 Å². The monoisotopic (exact) mass is 316 g/mol. The smallest absolute Gasteiger partial charge is 0.416 e. The number of furan rings is 1. The second kappa shape index (κ2) is 5.26. The highest BCUT2D eigenvalue weighted by Crippen LogP contribution is 2.37. The van der Waals surface area contributed by atoms with Crippen molar-refractivity contribution in [1.82, 2.24) is 4.98 Å². The molecule has 21 heavy (non-hydrogen) atoms. The SMILES string of the molecule is FC(F)(F)c1cc(Cl)nc(N(Cc2ccco2)C2CC2)c1. The molecular formula is C14H12ClF3N2O. The second-order valence-electron chi connectivity index (χ2n) is 4.97. The van der Waals surface area contributed by atoms with Crippen molar-refractivity contribution in [3.05, 3.63) is 47.0 Å². The highest BCUT2D eigenvalue weighted by molar-refractivity contribution is 6.29. The summed E-state index contributed by atoms with van der Waals surface area (Å²) in [5.74, 6) is 0.908. The zero-order chi connectivity index (χ0) is 15.0. The Kier molecular flexibility index (Phi) is 3.57. The van der Waals surface area contributed by atoms with Gasteiger partial charge in [0.15, 0.2) is 0 Å². The van der Waals surface area contributed by atoms with Crippen LogP contribution >= 0.6 is 11.6 Å². The summed E-state index contributed by atoms with van der Waals surface area (Å²) in [7, 11) is 0. The first-order valence-electron chi connectivity index (χ1n) is 6.47. The maximum atomic E-state index is 12.9. The molecule has 1 aliphatic carbocycles. The van der Waals surface area contributed by atoms with E-state index in [2.05, 4.69) is 4.98 Å². The molecule has 2 aromatic rings. The lowest BCUT2D eigenvalue weighted by molar-refractivity contribution is -0.137. The van der Waals surface area contributed by atoms with Crippen molar-refractivity contribution in [2.75, 3.05) is 4.90 Å². The maximum Gasteiger partial charge on any atom is 0.416 e. The number of aromatic nitrogens is 1. The van der Waals surface area contributed by atoms with Crippen LogP contribution < -0.4 is 4.90 Å². The van der Waals surface area contributed by atoms with Crippen LogP contribution in [-0.4, -0.2) is 11.0 Å². The highest BCUT2D eigenvalue weighted by atomic mass is 35.5. The van der Waals surface area contributed by atoms with Gasteiger partial charge < -0.3 is 9.32 Å². The summed E-state index contributed by atoms with van der Waals surface area (Å²) in [5.41, 5.74) is -0.789. The van der Waals surface area contributed by atoms with Gasteiger partial charge in [0.25, 0.3) is 0 Å². The van der Waals surface area contributed by atoms with Crippen molar-refractivity contribution in [3.63, 3.8) is 0 Å². The van der Waals surface area contributed by atoms with Gasteiger partial charge in [-0.2, -0.15) is 13.2 Å². The van der Waals surface area contributed by atoms with Gasteiger partial charge in [0, 0.05) is 6.04 Å². The van der Waals surface area contributed by atoms with Crippen LogP contribution in [0.4, 0.5) is 19.0 Å². The van der Waals surface area contributed by atoms with Crippen LogP contribution in [0.3, 0.4) is 0 Å². The summed E-state index contributed by atoms with van der Waals surface area (Å²) < 4.78 is 43.9. The predicted molar refractivity (Wildman–Crippen MR) is 72.2 cm³/mol. The van der Waals surface area contributed by atoms with E-state index in [0.717, 1.165) is 25.0 Å². The number of hydrogen-bond donors (Lipinski definition) is 0. The number of nitrogens with zero attached hydrogens (tertiary/aromatic N) is 2. The minimum Gasteiger partial charge on any atom is -0.467 e. The molecule has 0 aromatic carbocycles. The molecule has 0 saturated heterocycles. The molecule has 0 N–H and O–H groups in total. The average Bonchev–Trinajstić information content (AvgIpc) is 3.11. The molecule has 3 nitrogen and oxygen atoms in total. The van der Waals surface area contributed by atoms with Gasteiger partial charge in [-0.1, -0.05) is 11.6 Å². The van der Waals surface area contributed by atoms with Gasteiger partial charge in [-0.05, 0) is 37.1 Å². The Morgan fingerprint density at radius 2 is 2.10 bits per heavy atom. The molecule has 1 saturated carbocycles. The Bertz CT molecular complexity index is 624. The van der Waals surface area contributed by atoms with E-state index in [1.807, 2.05) is 0 Å². The van der Waals surface area contributed by atoms with Gasteiger partial charge in [-0.3, -0.25) is 0 Å². The molecule has 0 bridgehead atoms. The number of hydrogen-bond acceptors (Lipinski definition) is 3. The third kappa shape index (κ3) is 3.32. The summed E-state index contributed by atoms with van der Waals surface area (Å²) in [6, 6.07) is 5.58. The van der Waals surface area contributed by atoms with E-state index in [4.69, 9.17) is 16.0 Å². The standard InChI is InChI=1S/C14H12ClF3N2O/c15-12-6-9(14(16,17)18)7-13(19-12)20(10-3-4-10)8-11-2-1-5-21-11/h1-2,5-7,10H,3-4,8H2. The van der Waals surface area contributed by atoms with E-state index in [0.29, 0.717) is 12.3 Å².